The number of carboxylic acids is 1. The van der Waals surface area contributed by atoms with Crippen molar-refractivity contribution in [2.45, 2.75) is 5.09 Å². The SMILES string of the molecule is COCS(=O)c1ccc(C(=O)O)o1. The minimum atomic E-state index is -1.43. The summed E-state index contributed by atoms with van der Waals surface area (Å²) in [6.07, 6.45) is 0. The second-order valence-corrected chi connectivity index (χ2v) is 3.50. The monoisotopic (exact) mass is 204 g/mol. The number of ether oxygens (including phenoxy) is 1. The normalized spacial score (nSPS) is 12.7. The first-order valence-corrected chi connectivity index (χ1v) is 4.67. The molecule has 0 spiro atoms. The molecule has 1 aromatic rings. The van der Waals surface area contributed by atoms with Crippen LogP contribution in [0.2, 0.25) is 0 Å². The number of carbonyl (C=O) groups is 1. The second kappa shape index (κ2) is 4.20. The van der Waals surface area contributed by atoms with E-state index in [-0.39, 0.29) is 16.8 Å². The van der Waals surface area contributed by atoms with E-state index < -0.39 is 16.8 Å². The van der Waals surface area contributed by atoms with Crippen molar-refractivity contribution in [1.82, 2.24) is 0 Å². The molecule has 6 heteroatoms. The molecule has 0 saturated heterocycles. The summed E-state index contributed by atoms with van der Waals surface area (Å²) in [5.41, 5.74) is 0. The molecule has 72 valence electrons. The molecule has 1 aromatic heterocycles. The molecule has 1 heterocycles. The Hall–Kier alpha value is -1.14. The smallest absolute Gasteiger partial charge is 0.371 e. The first-order valence-electron chi connectivity index (χ1n) is 3.35. The van der Waals surface area contributed by atoms with Crippen LogP contribution < -0.4 is 0 Å². The fourth-order valence-corrected chi connectivity index (χ4v) is 1.46. The van der Waals surface area contributed by atoms with Crippen molar-refractivity contribution in [1.29, 1.82) is 0 Å². The van der Waals surface area contributed by atoms with Gasteiger partial charge >= 0.3 is 5.97 Å². The highest BCUT2D eigenvalue weighted by Crippen LogP contribution is 2.12. The maximum atomic E-state index is 11.2. The Kier molecular flexibility index (Phi) is 3.21. The molecule has 13 heavy (non-hydrogen) atoms. The molecule has 0 radical (unpaired) electrons. The summed E-state index contributed by atoms with van der Waals surface area (Å²) in [5.74, 6) is -1.41. The largest absolute Gasteiger partial charge is 0.475 e. The van der Waals surface area contributed by atoms with Gasteiger partial charge in [-0.15, -0.1) is 0 Å². The zero-order chi connectivity index (χ0) is 9.84. The molecule has 1 unspecified atom stereocenters. The molecule has 0 amide bonds. The van der Waals surface area contributed by atoms with E-state index in [9.17, 15) is 9.00 Å². The molecule has 0 aliphatic rings. The predicted molar refractivity (Wildman–Crippen MR) is 44.0 cm³/mol. The van der Waals surface area contributed by atoms with Crippen LogP contribution in [0.1, 0.15) is 10.6 Å². The van der Waals surface area contributed by atoms with Gasteiger partial charge in [-0.3, -0.25) is 0 Å². The van der Waals surface area contributed by atoms with Crippen LogP contribution in [-0.4, -0.2) is 28.3 Å². The standard InChI is InChI=1S/C7H8O5S/c1-11-4-13(10)6-3-2-5(12-6)7(8)9/h2-3H,4H2,1H3,(H,8,9). The molecule has 0 aromatic carbocycles. The molecule has 0 bridgehead atoms. The average Bonchev–Trinajstić information content (AvgIpc) is 2.52. The number of aromatic carboxylic acids is 1. The summed E-state index contributed by atoms with van der Waals surface area (Å²) >= 11 is 0. The lowest BCUT2D eigenvalue weighted by atomic mass is 10.5. The number of methoxy groups -OCH3 is 1. The first-order chi connectivity index (χ1) is 6.15. The quantitative estimate of drug-likeness (QED) is 0.780. The Balaban J connectivity index is 2.79. The average molecular weight is 204 g/mol. The Labute approximate surface area is 76.8 Å². The van der Waals surface area contributed by atoms with Gasteiger partial charge in [0.25, 0.3) is 0 Å². The van der Waals surface area contributed by atoms with Gasteiger partial charge in [-0.05, 0) is 12.1 Å². The summed E-state index contributed by atoms with van der Waals surface area (Å²) < 4.78 is 20.6. The van der Waals surface area contributed by atoms with Gasteiger partial charge in [0.05, 0.1) is 0 Å². The van der Waals surface area contributed by atoms with Crippen LogP contribution in [0, 0.1) is 0 Å². The van der Waals surface area contributed by atoms with Gasteiger partial charge in [0.2, 0.25) is 5.76 Å². The molecule has 1 rings (SSSR count). The van der Waals surface area contributed by atoms with Gasteiger partial charge in [0.1, 0.15) is 16.7 Å². The van der Waals surface area contributed by atoms with Crippen LogP contribution in [0.3, 0.4) is 0 Å². The predicted octanol–water partition coefficient (Wildman–Crippen LogP) is 0.689. The molecular weight excluding hydrogens is 196 g/mol. The molecule has 1 N–H and O–H groups in total. The Bertz CT molecular complexity index is 329. The Morgan fingerprint density at radius 3 is 2.85 bits per heavy atom. The van der Waals surface area contributed by atoms with E-state index in [2.05, 4.69) is 4.74 Å². The van der Waals surface area contributed by atoms with E-state index in [1.54, 1.807) is 0 Å². The lowest BCUT2D eigenvalue weighted by molar-refractivity contribution is 0.0656. The molecule has 0 saturated carbocycles. The van der Waals surface area contributed by atoms with E-state index >= 15 is 0 Å². The number of rotatable bonds is 4. The van der Waals surface area contributed by atoms with Crippen molar-refractivity contribution in [3.05, 3.63) is 17.9 Å². The molecule has 0 fully saturated rings. The summed E-state index contributed by atoms with van der Waals surface area (Å²) in [7, 11) is -0.0296. The third-order valence-corrected chi connectivity index (χ3v) is 2.36. The van der Waals surface area contributed by atoms with Gasteiger partial charge in [-0.2, -0.15) is 0 Å². The van der Waals surface area contributed by atoms with E-state index in [0.29, 0.717) is 0 Å². The molecular formula is C7H8O5S. The second-order valence-electron chi connectivity index (χ2n) is 2.18. The van der Waals surface area contributed by atoms with Crippen molar-refractivity contribution in [2.75, 3.05) is 13.0 Å². The fourth-order valence-electron chi connectivity index (χ4n) is 0.723. The van der Waals surface area contributed by atoms with Crippen LogP contribution in [0.15, 0.2) is 21.6 Å². The summed E-state index contributed by atoms with van der Waals surface area (Å²) in [6, 6.07) is 2.61. The van der Waals surface area contributed by atoms with Gasteiger partial charge in [0.15, 0.2) is 5.09 Å². The topological polar surface area (TPSA) is 76.7 Å². The summed E-state index contributed by atoms with van der Waals surface area (Å²) in [5, 5.41) is 8.60. The lowest BCUT2D eigenvalue weighted by Crippen LogP contribution is -1.98. The third kappa shape index (κ3) is 2.40. The van der Waals surface area contributed by atoms with Gasteiger partial charge in [0, 0.05) is 7.11 Å². The first kappa shape index (κ1) is 9.94. The maximum Gasteiger partial charge on any atom is 0.371 e. The van der Waals surface area contributed by atoms with Crippen LogP contribution in [-0.2, 0) is 15.5 Å². The third-order valence-electron chi connectivity index (χ3n) is 1.24. The Morgan fingerprint density at radius 2 is 2.38 bits per heavy atom. The van der Waals surface area contributed by atoms with Crippen LogP contribution >= 0.6 is 0 Å². The molecule has 0 aliphatic heterocycles. The van der Waals surface area contributed by atoms with Gasteiger partial charge in [-0.25, -0.2) is 9.00 Å². The molecule has 5 nitrogen and oxygen atoms in total. The van der Waals surface area contributed by atoms with Crippen molar-refractivity contribution < 1.29 is 23.3 Å². The lowest BCUT2D eigenvalue weighted by Gasteiger charge is -1.94. The zero-order valence-corrected chi connectivity index (χ0v) is 7.67. The zero-order valence-electron chi connectivity index (χ0n) is 6.85. The highest BCUT2D eigenvalue weighted by atomic mass is 32.2. The summed E-state index contributed by atoms with van der Waals surface area (Å²) in [6.45, 7) is 0. The molecule has 0 aliphatic carbocycles. The van der Waals surface area contributed by atoms with E-state index in [1.807, 2.05) is 0 Å². The van der Waals surface area contributed by atoms with Crippen molar-refractivity contribution >= 4 is 16.8 Å². The van der Waals surface area contributed by atoms with E-state index in [1.165, 1.54) is 19.2 Å². The van der Waals surface area contributed by atoms with Crippen molar-refractivity contribution in [3.8, 4) is 0 Å². The highest BCUT2D eigenvalue weighted by Gasteiger charge is 2.12. The van der Waals surface area contributed by atoms with Gasteiger partial charge in [-0.1, -0.05) is 0 Å². The maximum absolute atomic E-state index is 11.2. The van der Waals surface area contributed by atoms with Gasteiger partial charge < -0.3 is 14.3 Å². The summed E-state index contributed by atoms with van der Waals surface area (Å²) in [4.78, 5) is 10.4. The van der Waals surface area contributed by atoms with E-state index in [4.69, 9.17) is 9.52 Å². The Morgan fingerprint density at radius 1 is 1.69 bits per heavy atom. The number of furan rings is 1. The van der Waals surface area contributed by atoms with Crippen LogP contribution in [0.4, 0.5) is 0 Å². The minimum Gasteiger partial charge on any atom is -0.475 e. The van der Waals surface area contributed by atoms with E-state index in [0.717, 1.165) is 0 Å². The number of hydrogen-bond donors (Lipinski definition) is 1. The number of hydrogen-bond acceptors (Lipinski definition) is 4. The highest BCUT2D eigenvalue weighted by molar-refractivity contribution is 7.84. The molecule has 1 atom stereocenters. The number of carboxylic acid groups (broad SMARTS) is 1. The van der Waals surface area contributed by atoms with Crippen LogP contribution in [0.5, 0.6) is 0 Å². The minimum absolute atomic E-state index is 0.00737. The van der Waals surface area contributed by atoms with Crippen molar-refractivity contribution in [3.63, 3.8) is 0 Å². The van der Waals surface area contributed by atoms with Crippen molar-refractivity contribution in [2.24, 2.45) is 0 Å². The van der Waals surface area contributed by atoms with Crippen LogP contribution in [0.25, 0.3) is 0 Å². The fraction of sp³-hybridized carbons (Fsp3) is 0.286.